The molecule has 2 amide bonds. The zero-order valence-electron chi connectivity index (χ0n) is 22.8. The third-order valence-corrected chi connectivity index (χ3v) is 5.66. The second-order valence-corrected chi connectivity index (χ2v) is 8.14. The van der Waals surface area contributed by atoms with Crippen LogP contribution in [0.3, 0.4) is 0 Å². The number of carbonyl (C=O) groups excluding carboxylic acids is 2. The lowest BCUT2D eigenvalue weighted by atomic mass is 10.1. The first kappa shape index (κ1) is 31.2. The number of methoxy groups -OCH3 is 4. The highest BCUT2D eigenvalue weighted by Gasteiger charge is 2.23. The van der Waals surface area contributed by atoms with Crippen LogP contribution in [0.4, 0.5) is 21.0 Å². The van der Waals surface area contributed by atoms with Crippen molar-refractivity contribution < 1.29 is 47.9 Å². The number of ether oxygens (including phenoxy) is 6. The number of likely N-dealkylation sites (N-methyl/N-ethyl adjacent to an activating group) is 2. The van der Waals surface area contributed by atoms with E-state index in [0.29, 0.717) is 0 Å². The Morgan fingerprint density at radius 2 is 0.950 bits per heavy atom. The number of hydrogen-bond donors (Lipinski definition) is 0. The number of rotatable bonds is 13. The molecule has 0 aliphatic carbocycles. The molecule has 2 aromatic rings. The minimum Gasteiger partial charge on any atom is -0.493 e. The summed E-state index contributed by atoms with van der Waals surface area (Å²) in [6.45, 7) is -0.784. The Morgan fingerprint density at radius 3 is 1.23 bits per heavy atom. The molecule has 0 bridgehead atoms. The number of hydrogen-bond acceptors (Lipinski definition) is 12. The van der Waals surface area contributed by atoms with Gasteiger partial charge in [0.05, 0.1) is 61.5 Å². The molecule has 16 nitrogen and oxygen atoms in total. The first-order valence-corrected chi connectivity index (χ1v) is 11.5. The van der Waals surface area contributed by atoms with Gasteiger partial charge < -0.3 is 38.2 Å². The Bertz CT molecular complexity index is 1160. The number of nitro benzene ring substituents is 2. The van der Waals surface area contributed by atoms with E-state index in [2.05, 4.69) is 0 Å². The summed E-state index contributed by atoms with van der Waals surface area (Å²) in [7, 11) is 8.23. The summed E-state index contributed by atoms with van der Waals surface area (Å²) >= 11 is 0. The van der Waals surface area contributed by atoms with Gasteiger partial charge in [-0.05, 0) is 12.1 Å². The maximum absolute atomic E-state index is 12.4. The van der Waals surface area contributed by atoms with Crippen LogP contribution in [0.15, 0.2) is 24.3 Å². The molecule has 0 fully saturated rings. The molecule has 0 radical (unpaired) electrons. The van der Waals surface area contributed by atoms with Gasteiger partial charge in [-0.15, -0.1) is 0 Å². The van der Waals surface area contributed by atoms with Crippen molar-refractivity contribution >= 4 is 23.6 Å². The van der Waals surface area contributed by atoms with E-state index < -0.39 is 35.2 Å². The van der Waals surface area contributed by atoms with Crippen molar-refractivity contribution in [3.05, 3.63) is 55.6 Å². The predicted octanol–water partition coefficient (Wildman–Crippen LogP) is 3.37. The second-order valence-electron chi connectivity index (χ2n) is 8.14. The lowest BCUT2D eigenvalue weighted by molar-refractivity contribution is -0.386. The second kappa shape index (κ2) is 14.2. The largest absolute Gasteiger partial charge is 0.493 e. The number of benzene rings is 2. The maximum Gasteiger partial charge on any atom is 0.409 e. The Kier molecular flexibility index (Phi) is 11.1. The van der Waals surface area contributed by atoms with Gasteiger partial charge >= 0.3 is 12.2 Å². The van der Waals surface area contributed by atoms with Crippen LogP contribution in [0.2, 0.25) is 0 Å². The lowest BCUT2D eigenvalue weighted by Crippen LogP contribution is -2.37. The van der Waals surface area contributed by atoms with E-state index >= 15 is 0 Å². The Balaban J connectivity index is 1.95. The fraction of sp³-hybridized carbons (Fsp3) is 0.417. The van der Waals surface area contributed by atoms with Crippen molar-refractivity contribution in [1.82, 2.24) is 9.80 Å². The van der Waals surface area contributed by atoms with Gasteiger partial charge in [-0.25, -0.2) is 9.59 Å². The van der Waals surface area contributed by atoms with Crippen molar-refractivity contribution in [1.29, 1.82) is 0 Å². The standard InChI is InChI=1S/C24H30N4O12/c1-25(23(29)39-13-15-9-19(35-3)21(37-5)11-17(15)27(31)32)7-8-26(2)24(30)40-14-16-10-20(36-4)22(38-6)12-18(16)28(33)34/h9-12H,7-8,13-14H2,1-6H3. The first-order chi connectivity index (χ1) is 19.0. The van der Waals surface area contributed by atoms with Crippen molar-refractivity contribution in [2.24, 2.45) is 0 Å². The topological polar surface area (TPSA) is 182 Å². The van der Waals surface area contributed by atoms with Gasteiger partial charge in [0.25, 0.3) is 11.4 Å². The third-order valence-electron chi connectivity index (χ3n) is 5.66. The fourth-order valence-electron chi connectivity index (χ4n) is 3.37. The molecular weight excluding hydrogens is 536 g/mol. The molecule has 40 heavy (non-hydrogen) atoms. The van der Waals surface area contributed by atoms with Crippen LogP contribution in [0, 0.1) is 20.2 Å². The fourth-order valence-corrected chi connectivity index (χ4v) is 3.37. The molecule has 0 atom stereocenters. The van der Waals surface area contributed by atoms with Gasteiger partial charge in [-0.3, -0.25) is 20.2 Å². The zero-order chi connectivity index (χ0) is 30.0. The smallest absolute Gasteiger partial charge is 0.409 e. The SMILES string of the molecule is COc1cc(COC(=O)N(C)CCN(C)C(=O)OCc2cc(OC)c(OC)cc2[N+](=O)[O-])c([N+](=O)[O-])cc1OC. The van der Waals surface area contributed by atoms with E-state index in [-0.39, 0.29) is 58.6 Å². The maximum atomic E-state index is 12.4. The highest BCUT2D eigenvalue weighted by molar-refractivity contribution is 5.69. The van der Waals surface area contributed by atoms with Crippen molar-refractivity contribution in [2.75, 3.05) is 55.6 Å². The molecular formula is C24H30N4O12. The number of nitro groups is 2. The van der Waals surface area contributed by atoms with Crippen molar-refractivity contribution in [3.8, 4) is 23.0 Å². The third kappa shape index (κ3) is 7.75. The molecule has 0 saturated heterocycles. The van der Waals surface area contributed by atoms with Crippen LogP contribution in [0.1, 0.15) is 11.1 Å². The van der Waals surface area contributed by atoms with Crippen LogP contribution in [-0.4, -0.2) is 87.5 Å². The van der Waals surface area contributed by atoms with Gasteiger partial charge in [-0.2, -0.15) is 0 Å². The molecule has 0 spiro atoms. The summed E-state index contributed by atoms with van der Waals surface area (Å²) in [6.07, 6.45) is -1.60. The highest BCUT2D eigenvalue weighted by Crippen LogP contribution is 2.36. The minimum absolute atomic E-state index is 0.0228. The van der Waals surface area contributed by atoms with E-state index in [0.717, 1.165) is 9.80 Å². The number of amides is 2. The van der Waals surface area contributed by atoms with Gasteiger partial charge in [0.2, 0.25) is 0 Å². The molecule has 0 aromatic heterocycles. The average molecular weight is 567 g/mol. The average Bonchev–Trinajstić information content (AvgIpc) is 2.95. The molecule has 2 aromatic carbocycles. The van der Waals surface area contributed by atoms with Crippen molar-refractivity contribution in [2.45, 2.75) is 13.2 Å². The quantitative estimate of drug-likeness (QED) is 0.255. The highest BCUT2D eigenvalue weighted by atomic mass is 16.6. The Labute approximate surface area is 229 Å². The monoisotopic (exact) mass is 566 g/mol. The van der Waals surface area contributed by atoms with E-state index in [1.54, 1.807) is 0 Å². The first-order valence-electron chi connectivity index (χ1n) is 11.5. The summed E-state index contributed by atoms with van der Waals surface area (Å²) in [5.74, 6) is 0.756. The van der Waals surface area contributed by atoms with Crippen LogP contribution >= 0.6 is 0 Å². The van der Waals surface area contributed by atoms with E-state index in [9.17, 15) is 29.8 Å². The molecule has 2 rings (SSSR count). The predicted molar refractivity (Wildman–Crippen MR) is 138 cm³/mol. The summed E-state index contributed by atoms with van der Waals surface area (Å²) in [5.41, 5.74) is -0.445. The van der Waals surface area contributed by atoms with Gasteiger partial charge in [0, 0.05) is 27.2 Å². The van der Waals surface area contributed by atoms with Crippen LogP contribution in [0.5, 0.6) is 23.0 Å². The summed E-state index contributed by atoms with van der Waals surface area (Å²) < 4.78 is 30.8. The van der Waals surface area contributed by atoms with E-state index in [1.807, 2.05) is 0 Å². The molecule has 16 heteroatoms. The molecule has 0 N–H and O–H groups in total. The van der Waals surface area contributed by atoms with Crippen LogP contribution in [-0.2, 0) is 22.7 Å². The Hall–Kier alpha value is -5.02. The molecule has 0 saturated carbocycles. The molecule has 0 aliphatic rings. The Morgan fingerprint density at radius 1 is 0.650 bits per heavy atom. The number of nitrogens with zero attached hydrogens (tertiary/aromatic N) is 4. The summed E-state index contributed by atoms with van der Waals surface area (Å²) in [4.78, 5) is 48.8. The summed E-state index contributed by atoms with van der Waals surface area (Å²) in [5, 5.41) is 22.9. The van der Waals surface area contributed by atoms with E-state index in [4.69, 9.17) is 28.4 Å². The lowest BCUT2D eigenvalue weighted by Gasteiger charge is -2.22. The molecule has 0 unspecified atom stereocenters. The van der Waals surface area contributed by atoms with Gasteiger partial charge in [0.1, 0.15) is 13.2 Å². The number of carbonyl (C=O) groups is 2. The molecule has 0 aliphatic heterocycles. The van der Waals surface area contributed by atoms with E-state index in [1.165, 1.54) is 66.8 Å². The molecule has 0 heterocycles. The van der Waals surface area contributed by atoms with Crippen LogP contribution < -0.4 is 18.9 Å². The molecule has 218 valence electrons. The zero-order valence-corrected chi connectivity index (χ0v) is 22.8. The van der Waals surface area contributed by atoms with Gasteiger partial charge in [0.15, 0.2) is 23.0 Å². The normalized spacial score (nSPS) is 10.2. The summed E-state index contributed by atoms with van der Waals surface area (Å²) in [6, 6.07) is 5.03. The van der Waals surface area contributed by atoms with Crippen molar-refractivity contribution in [3.63, 3.8) is 0 Å². The van der Waals surface area contributed by atoms with Crippen LogP contribution in [0.25, 0.3) is 0 Å². The van der Waals surface area contributed by atoms with Gasteiger partial charge in [-0.1, -0.05) is 0 Å². The minimum atomic E-state index is -0.799.